The van der Waals surface area contributed by atoms with Crippen LogP contribution in [0.15, 0.2) is 24.3 Å². The van der Waals surface area contributed by atoms with E-state index in [0.29, 0.717) is 5.92 Å². The van der Waals surface area contributed by atoms with Gasteiger partial charge in [0.2, 0.25) is 0 Å². The molecule has 2 bridgehead atoms. The highest BCUT2D eigenvalue weighted by atomic mass is 16.7. The summed E-state index contributed by atoms with van der Waals surface area (Å²) in [4.78, 5) is 6.03. The zero-order chi connectivity index (χ0) is 12.0. The quantitative estimate of drug-likeness (QED) is 0.784. The summed E-state index contributed by atoms with van der Waals surface area (Å²) >= 11 is 0. The smallest absolute Gasteiger partial charge is 0.118 e. The largest absolute Gasteiger partial charge is 0.497 e. The second-order valence-electron chi connectivity index (χ2n) is 5.64. The van der Waals surface area contributed by atoms with E-state index < -0.39 is 0 Å². The van der Waals surface area contributed by atoms with Crippen LogP contribution in [0.2, 0.25) is 0 Å². The van der Waals surface area contributed by atoms with E-state index in [1.54, 1.807) is 7.11 Å². The van der Waals surface area contributed by atoms with Crippen LogP contribution in [0.5, 0.6) is 5.75 Å². The van der Waals surface area contributed by atoms with Gasteiger partial charge < -0.3 is 4.74 Å². The lowest BCUT2D eigenvalue weighted by Gasteiger charge is -2.35. The molecule has 3 atom stereocenters. The van der Waals surface area contributed by atoms with Crippen LogP contribution < -0.4 is 4.74 Å². The molecule has 0 aliphatic carbocycles. The highest BCUT2D eigenvalue weighted by molar-refractivity contribution is 5.29. The van der Waals surface area contributed by atoms with Crippen molar-refractivity contribution in [1.82, 2.24) is 5.06 Å². The second kappa shape index (κ2) is 3.72. The molecule has 3 rings (SSSR count). The molecule has 0 saturated carbocycles. The monoisotopic (exact) mass is 233 g/mol. The molecule has 0 N–H and O–H groups in total. The van der Waals surface area contributed by atoms with E-state index in [2.05, 4.69) is 31.0 Å². The molecular formula is C14H19NO2. The van der Waals surface area contributed by atoms with Crippen LogP contribution >= 0.6 is 0 Å². The predicted molar refractivity (Wildman–Crippen MR) is 65.7 cm³/mol. The molecule has 2 heterocycles. The zero-order valence-corrected chi connectivity index (χ0v) is 10.6. The third-order valence-corrected chi connectivity index (χ3v) is 3.95. The highest BCUT2D eigenvalue weighted by Gasteiger charge is 2.50. The van der Waals surface area contributed by atoms with Crippen molar-refractivity contribution in [2.24, 2.45) is 5.92 Å². The number of methoxy groups -OCH3 is 1. The first-order valence-electron chi connectivity index (χ1n) is 6.18. The molecule has 2 fully saturated rings. The van der Waals surface area contributed by atoms with E-state index in [1.807, 2.05) is 12.1 Å². The number of benzene rings is 1. The summed E-state index contributed by atoms with van der Waals surface area (Å²) in [6.45, 7) is 5.55. The average molecular weight is 233 g/mol. The van der Waals surface area contributed by atoms with E-state index in [-0.39, 0.29) is 11.6 Å². The summed E-state index contributed by atoms with van der Waals surface area (Å²) in [5, 5.41) is 2.15. The normalized spacial score (nSPS) is 33.9. The maximum Gasteiger partial charge on any atom is 0.118 e. The molecule has 1 aromatic rings. The maximum atomic E-state index is 6.03. The Balaban J connectivity index is 1.79. The summed E-state index contributed by atoms with van der Waals surface area (Å²) in [5.41, 5.74) is 1.46. The van der Waals surface area contributed by atoms with Crippen LogP contribution in [0.3, 0.4) is 0 Å². The van der Waals surface area contributed by atoms with E-state index in [9.17, 15) is 0 Å². The lowest BCUT2D eigenvalue weighted by molar-refractivity contribution is -0.217. The summed E-state index contributed by atoms with van der Waals surface area (Å²) in [7, 11) is 1.69. The first-order valence-corrected chi connectivity index (χ1v) is 6.18. The molecule has 0 spiro atoms. The van der Waals surface area contributed by atoms with E-state index in [0.717, 1.165) is 12.3 Å². The van der Waals surface area contributed by atoms with Gasteiger partial charge in [-0.05, 0) is 38.0 Å². The summed E-state index contributed by atoms with van der Waals surface area (Å²) in [6.07, 6.45) is 1.44. The third-order valence-electron chi connectivity index (χ3n) is 3.95. The van der Waals surface area contributed by atoms with Crippen molar-refractivity contribution in [2.75, 3.05) is 13.7 Å². The van der Waals surface area contributed by atoms with Crippen LogP contribution in [0.4, 0.5) is 0 Å². The first kappa shape index (κ1) is 11.1. The van der Waals surface area contributed by atoms with Crippen molar-refractivity contribution in [1.29, 1.82) is 0 Å². The Morgan fingerprint density at radius 2 is 2.00 bits per heavy atom. The minimum absolute atomic E-state index is 0.202. The van der Waals surface area contributed by atoms with Gasteiger partial charge in [-0.1, -0.05) is 12.1 Å². The number of nitrogens with zero attached hydrogens (tertiary/aromatic N) is 1. The van der Waals surface area contributed by atoms with E-state index in [1.165, 1.54) is 12.0 Å². The van der Waals surface area contributed by atoms with Crippen molar-refractivity contribution < 1.29 is 9.57 Å². The second-order valence-corrected chi connectivity index (χ2v) is 5.64. The topological polar surface area (TPSA) is 21.7 Å². The molecule has 92 valence electrons. The van der Waals surface area contributed by atoms with Crippen molar-refractivity contribution in [3.05, 3.63) is 29.8 Å². The highest BCUT2D eigenvalue weighted by Crippen LogP contribution is 2.48. The fourth-order valence-electron chi connectivity index (χ4n) is 3.01. The fourth-order valence-corrected chi connectivity index (χ4v) is 3.01. The lowest BCUT2D eigenvalue weighted by Crippen LogP contribution is -2.39. The number of rotatable bonds is 2. The van der Waals surface area contributed by atoms with Gasteiger partial charge >= 0.3 is 0 Å². The molecular weight excluding hydrogens is 214 g/mol. The van der Waals surface area contributed by atoms with Crippen LogP contribution in [0.25, 0.3) is 0 Å². The Morgan fingerprint density at radius 1 is 1.29 bits per heavy atom. The summed E-state index contributed by atoms with van der Waals surface area (Å²) in [5.74, 6) is 1.52. The molecule has 3 heteroatoms. The molecule has 2 aliphatic heterocycles. The van der Waals surface area contributed by atoms with Gasteiger partial charge in [-0.3, -0.25) is 4.84 Å². The zero-order valence-electron chi connectivity index (χ0n) is 10.6. The standard InChI is InChI=1S/C14H19NO2/c1-14(2)8-11-9-15(14)17-13(11)10-4-6-12(16-3)7-5-10/h4-7,11,13H,8-9H2,1-3H3. The van der Waals surface area contributed by atoms with Gasteiger partial charge in [-0.2, -0.15) is 5.06 Å². The van der Waals surface area contributed by atoms with Crippen molar-refractivity contribution in [3.63, 3.8) is 0 Å². The molecule has 2 saturated heterocycles. The first-order chi connectivity index (χ1) is 8.10. The van der Waals surface area contributed by atoms with Gasteiger partial charge in [0.15, 0.2) is 0 Å². The Labute approximate surface area is 102 Å². The van der Waals surface area contributed by atoms with Gasteiger partial charge in [0.25, 0.3) is 0 Å². The fraction of sp³-hybridized carbons (Fsp3) is 0.571. The van der Waals surface area contributed by atoms with Crippen molar-refractivity contribution in [3.8, 4) is 5.75 Å². The summed E-state index contributed by atoms with van der Waals surface area (Å²) < 4.78 is 5.18. The summed E-state index contributed by atoms with van der Waals surface area (Å²) in [6, 6.07) is 8.23. The van der Waals surface area contributed by atoms with Crippen LogP contribution in [-0.4, -0.2) is 24.3 Å². The molecule has 3 unspecified atom stereocenters. The SMILES string of the molecule is COc1ccc(C2ON3CC2CC3(C)C)cc1. The van der Waals surface area contributed by atoms with Crippen molar-refractivity contribution >= 4 is 0 Å². The van der Waals surface area contributed by atoms with Gasteiger partial charge in [0.1, 0.15) is 11.9 Å². The molecule has 0 amide bonds. The van der Waals surface area contributed by atoms with E-state index in [4.69, 9.17) is 9.57 Å². The number of ether oxygens (including phenoxy) is 1. The average Bonchev–Trinajstić information content (AvgIpc) is 2.84. The number of fused-ring (bicyclic) bond motifs is 2. The Morgan fingerprint density at radius 3 is 2.47 bits per heavy atom. The molecule has 0 aromatic heterocycles. The molecule has 2 aliphatic rings. The molecule has 1 aromatic carbocycles. The maximum absolute atomic E-state index is 6.03. The van der Waals surface area contributed by atoms with Crippen LogP contribution in [-0.2, 0) is 4.84 Å². The van der Waals surface area contributed by atoms with Crippen molar-refractivity contribution in [2.45, 2.75) is 31.9 Å². The van der Waals surface area contributed by atoms with Gasteiger partial charge in [-0.15, -0.1) is 0 Å². The Kier molecular flexibility index (Phi) is 2.42. The van der Waals surface area contributed by atoms with E-state index >= 15 is 0 Å². The van der Waals surface area contributed by atoms with Gasteiger partial charge in [0.05, 0.1) is 7.11 Å². The Bertz CT molecular complexity index is 413. The predicted octanol–water partition coefficient (Wildman–Crippen LogP) is 2.78. The molecule has 0 radical (unpaired) electrons. The molecule has 3 nitrogen and oxygen atoms in total. The number of hydrogen-bond donors (Lipinski definition) is 0. The minimum atomic E-state index is 0.202. The number of hydrogen-bond acceptors (Lipinski definition) is 3. The Hall–Kier alpha value is -1.06. The lowest BCUT2D eigenvalue weighted by atomic mass is 9.89. The van der Waals surface area contributed by atoms with Gasteiger partial charge in [0, 0.05) is 18.0 Å². The van der Waals surface area contributed by atoms with Crippen LogP contribution in [0.1, 0.15) is 31.9 Å². The minimum Gasteiger partial charge on any atom is -0.497 e. The third kappa shape index (κ3) is 1.74. The van der Waals surface area contributed by atoms with Gasteiger partial charge in [-0.25, -0.2) is 0 Å². The van der Waals surface area contributed by atoms with Crippen LogP contribution in [0, 0.1) is 5.92 Å². The molecule has 17 heavy (non-hydrogen) atoms. The number of hydroxylamine groups is 2.